The zero-order valence-electron chi connectivity index (χ0n) is 6.01. The maximum Gasteiger partial charge on any atom is 0.200 e. The van der Waals surface area contributed by atoms with Gasteiger partial charge in [0.2, 0.25) is 0 Å². The van der Waals surface area contributed by atoms with Gasteiger partial charge in [0.1, 0.15) is 12.0 Å². The summed E-state index contributed by atoms with van der Waals surface area (Å²) < 4.78 is 4.00. The van der Waals surface area contributed by atoms with Crippen LogP contribution < -0.4 is 5.73 Å². The predicted molar refractivity (Wildman–Crippen MR) is 45.3 cm³/mol. The van der Waals surface area contributed by atoms with Crippen LogP contribution in [0.1, 0.15) is 0 Å². The molecule has 2 aromatic heterocycles. The van der Waals surface area contributed by atoms with E-state index in [0.717, 1.165) is 11.5 Å². The lowest BCUT2D eigenvalue weighted by Crippen LogP contribution is -1.87. The van der Waals surface area contributed by atoms with Gasteiger partial charge in [0.15, 0.2) is 11.0 Å². The number of rotatable bonds is 1. The Hall–Kier alpha value is -1.56. The van der Waals surface area contributed by atoms with E-state index < -0.39 is 0 Å². The summed E-state index contributed by atoms with van der Waals surface area (Å²) in [5.41, 5.74) is 6.11. The van der Waals surface area contributed by atoms with Gasteiger partial charge in [0.05, 0.1) is 0 Å². The van der Waals surface area contributed by atoms with E-state index in [1.54, 1.807) is 12.3 Å². The molecule has 0 atom stereocenters. The van der Waals surface area contributed by atoms with Crippen molar-refractivity contribution in [1.29, 1.82) is 0 Å². The molecule has 2 rings (SSSR count). The molecular formula is C6H5N5S. The number of nitrogens with zero attached hydrogens (tertiary/aromatic N) is 4. The van der Waals surface area contributed by atoms with Gasteiger partial charge in [-0.05, 0) is 6.07 Å². The zero-order chi connectivity index (χ0) is 8.39. The number of aromatic nitrogens is 4. The van der Waals surface area contributed by atoms with Gasteiger partial charge in [-0.1, -0.05) is 0 Å². The Morgan fingerprint density at radius 3 is 2.92 bits per heavy atom. The van der Waals surface area contributed by atoms with Crippen molar-refractivity contribution < 1.29 is 0 Å². The van der Waals surface area contributed by atoms with E-state index >= 15 is 0 Å². The highest BCUT2D eigenvalue weighted by Gasteiger charge is 2.03. The van der Waals surface area contributed by atoms with Crippen molar-refractivity contribution in [3.05, 3.63) is 18.6 Å². The molecule has 2 aromatic rings. The Bertz CT molecular complexity index is 370. The van der Waals surface area contributed by atoms with Crippen molar-refractivity contribution in [3.63, 3.8) is 0 Å². The van der Waals surface area contributed by atoms with Crippen LogP contribution in [-0.4, -0.2) is 19.3 Å². The van der Waals surface area contributed by atoms with Crippen LogP contribution in [0.15, 0.2) is 18.6 Å². The molecule has 0 aliphatic heterocycles. The lowest BCUT2D eigenvalue weighted by Gasteiger charge is -1.89. The summed E-state index contributed by atoms with van der Waals surface area (Å²) in [5, 5.41) is 0.448. The quantitative estimate of drug-likeness (QED) is 0.692. The van der Waals surface area contributed by atoms with Crippen LogP contribution in [0.25, 0.3) is 11.5 Å². The van der Waals surface area contributed by atoms with Gasteiger partial charge in [-0.3, -0.25) is 0 Å². The lowest BCUT2D eigenvalue weighted by molar-refractivity contribution is 1.14. The maximum atomic E-state index is 5.42. The number of hydrogen-bond donors (Lipinski definition) is 1. The van der Waals surface area contributed by atoms with Gasteiger partial charge in [-0.15, -0.1) is 0 Å². The van der Waals surface area contributed by atoms with Crippen LogP contribution in [-0.2, 0) is 0 Å². The minimum atomic E-state index is 0.448. The molecular weight excluding hydrogens is 174 g/mol. The second-order valence-corrected chi connectivity index (χ2v) is 2.83. The molecule has 5 nitrogen and oxygen atoms in total. The van der Waals surface area contributed by atoms with Crippen molar-refractivity contribution >= 4 is 16.7 Å². The normalized spacial score (nSPS) is 10.0. The first-order chi connectivity index (χ1) is 5.86. The predicted octanol–water partition coefficient (Wildman–Crippen LogP) is 0.577. The zero-order valence-corrected chi connectivity index (χ0v) is 6.82. The van der Waals surface area contributed by atoms with Gasteiger partial charge in [-0.2, -0.15) is 9.36 Å². The Morgan fingerprint density at radius 1 is 1.42 bits per heavy atom. The third-order valence-corrected chi connectivity index (χ3v) is 1.80. The number of anilines is 1. The smallest absolute Gasteiger partial charge is 0.200 e. The van der Waals surface area contributed by atoms with Crippen LogP contribution in [0.5, 0.6) is 0 Å². The topological polar surface area (TPSA) is 77.6 Å². The Morgan fingerprint density at radius 2 is 2.33 bits per heavy atom. The molecule has 0 aliphatic rings. The Balaban J connectivity index is 2.45. The fourth-order valence-electron chi connectivity index (χ4n) is 0.762. The molecule has 0 spiro atoms. The molecule has 2 heterocycles. The number of hydrogen-bond acceptors (Lipinski definition) is 6. The molecule has 60 valence electrons. The van der Waals surface area contributed by atoms with Gasteiger partial charge in [0.25, 0.3) is 0 Å². The molecule has 0 fully saturated rings. The van der Waals surface area contributed by atoms with Crippen molar-refractivity contribution in [2.75, 3.05) is 5.73 Å². The second kappa shape index (κ2) is 2.82. The monoisotopic (exact) mass is 179 g/mol. The van der Waals surface area contributed by atoms with Crippen molar-refractivity contribution in [2.45, 2.75) is 0 Å². The average Bonchev–Trinajstić information content (AvgIpc) is 2.54. The van der Waals surface area contributed by atoms with E-state index in [1.807, 2.05) is 0 Å². The fraction of sp³-hybridized carbons (Fsp3) is 0. The Kier molecular flexibility index (Phi) is 1.67. The average molecular weight is 179 g/mol. The van der Waals surface area contributed by atoms with Crippen LogP contribution in [0.3, 0.4) is 0 Å². The molecule has 0 radical (unpaired) electrons. The third-order valence-electron chi connectivity index (χ3n) is 1.25. The van der Waals surface area contributed by atoms with Crippen molar-refractivity contribution in [1.82, 2.24) is 19.3 Å². The van der Waals surface area contributed by atoms with E-state index in [1.165, 1.54) is 6.33 Å². The van der Waals surface area contributed by atoms with Crippen LogP contribution in [0.2, 0.25) is 0 Å². The molecule has 0 saturated heterocycles. The summed E-state index contributed by atoms with van der Waals surface area (Å²) in [5.74, 6) is 0.555. The second-order valence-electron chi connectivity index (χ2n) is 2.05. The van der Waals surface area contributed by atoms with Gasteiger partial charge in [-0.25, -0.2) is 9.97 Å². The fourth-order valence-corrected chi connectivity index (χ4v) is 1.20. The number of nitrogen functional groups attached to an aromatic ring is 1. The molecule has 6 heteroatoms. The summed E-state index contributed by atoms with van der Waals surface area (Å²) in [6.07, 6.45) is 3.09. The van der Waals surface area contributed by atoms with E-state index in [4.69, 9.17) is 5.73 Å². The highest BCUT2D eigenvalue weighted by molar-refractivity contribution is 7.09. The minimum absolute atomic E-state index is 0.448. The number of nitrogens with two attached hydrogens (primary N) is 1. The molecule has 2 N–H and O–H groups in total. The summed E-state index contributed by atoms with van der Waals surface area (Å²) >= 11 is 1.16. The SMILES string of the molecule is Nc1nc(-c2ccncn2)ns1. The van der Waals surface area contributed by atoms with E-state index in [-0.39, 0.29) is 0 Å². The minimum Gasteiger partial charge on any atom is -0.374 e. The maximum absolute atomic E-state index is 5.42. The highest BCUT2D eigenvalue weighted by Crippen LogP contribution is 2.15. The summed E-state index contributed by atoms with van der Waals surface area (Å²) in [7, 11) is 0. The van der Waals surface area contributed by atoms with Crippen LogP contribution >= 0.6 is 11.5 Å². The molecule has 0 bridgehead atoms. The molecule has 0 unspecified atom stereocenters. The lowest BCUT2D eigenvalue weighted by atomic mass is 10.4. The summed E-state index contributed by atoms with van der Waals surface area (Å²) in [6, 6.07) is 1.74. The Labute approximate surface area is 72.5 Å². The van der Waals surface area contributed by atoms with Crippen molar-refractivity contribution in [2.24, 2.45) is 0 Å². The molecule has 12 heavy (non-hydrogen) atoms. The molecule has 0 amide bonds. The summed E-state index contributed by atoms with van der Waals surface area (Å²) in [4.78, 5) is 11.7. The van der Waals surface area contributed by atoms with E-state index in [0.29, 0.717) is 16.6 Å². The first-order valence-corrected chi connectivity index (χ1v) is 3.99. The third kappa shape index (κ3) is 1.24. The van der Waals surface area contributed by atoms with Crippen LogP contribution in [0, 0.1) is 0 Å². The highest BCUT2D eigenvalue weighted by atomic mass is 32.1. The van der Waals surface area contributed by atoms with Gasteiger partial charge < -0.3 is 5.73 Å². The largest absolute Gasteiger partial charge is 0.374 e. The van der Waals surface area contributed by atoms with E-state index in [9.17, 15) is 0 Å². The van der Waals surface area contributed by atoms with Gasteiger partial charge >= 0.3 is 0 Å². The van der Waals surface area contributed by atoms with Crippen molar-refractivity contribution in [3.8, 4) is 11.5 Å². The first kappa shape index (κ1) is 7.11. The standard InChI is InChI=1S/C6H5N5S/c7-6-10-5(11-12-6)4-1-2-8-3-9-4/h1-3H,(H2,7,10,11). The summed E-state index contributed by atoms with van der Waals surface area (Å²) in [6.45, 7) is 0. The van der Waals surface area contributed by atoms with E-state index in [2.05, 4.69) is 19.3 Å². The van der Waals surface area contributed by atoms with Gasteiger partial charge in [0, 0.05) is 17.7 Å². The first-order valence-electron chi connectivity index (χ1n) is 3.22. The molecule has 0 aromatic carbocycles. The molecule has 0 saturated carbocycles. The van der Waals surface area contributed by atoms with Crippen LogP contribution in [0.4, 0.5) is 5.13 Å². The molecule has 0 aliphatic carbocycles.